The van der Waals surface area contributed by atoms with E-state index in [2.05, 4.69) is 59.3 Å². The highest BCUT2D eigenvalue weighted by molar-refractivity contribution is 6.19. The lowest BCUT2D eigenvalue weighted by Gasteiger charge is -2.24. The molecule has 20 heteroatoms. The van der Waals surface area contributed by atoms with E-state index in [0.29, 0.717) is 68.8 Å². The zero-order chi connectivity index (χ0) is 58.3. The molecule has 1 unspecified atom stereocenters. The lowest BCUT2D eigenvalue weighted by atomic mass is 9.95. The van der Waals surface area contributed by atoms with E-state index in [1.165, 1.54) is 0 Å². The maximum atomic E-state index is 14.3. The highest BCUT2D eigenvalue weighted by Gasteiger charge is 2.36. The number of nitrogens with one attached hydrogen (secondary N) is 6. The Bertz CT molecular complexity index is 3330. The van der Waals surface area contributed by atoms with Gasteiger partial charge in [-0.25, -0.2) is 5.01 Å². The Morgan fingerprint density at radius 1 is 0.756 bits per heavy atom. The normalized spacial score (nSPS) is 13.9. The molecule has 0 fully saturated rings. The molecule has 0 saturated heterocycles. The van der Waals surface area contributed by atoms with E-state index in [1.807, 2.05) is 126 Å². The molecule has 0 radical (unpaired) electrons. The molecule has 0 spiro atoms. The standard InChI is InChI=1S/C62H77ClN10O9/c1-40(2)59(69-57(75)23-27-79-30-31-80-28-24-65-56(74)22-25-72-47(38-71(7)64-4)32-43-12-8-11-15-53(43)72)61(77)66-41(3)60(76)67-46-18-16-42(17-19-46)39-82-55-35-54-58(50-14-10-9-13-49(50)55)45(36-63)37-73(54)62(78)52-34-44-33-48(20-21-51(44)68-52)81-29-26-70(5)6/h8-21,32-35,40-41,45,59,64,68H,22-31,36-39H2,1-7H3,(H,65,74)(H,66,77)(H,67,76)(H,69,75)/t41-,45+,59?/m0/s1. The first-order valence-corrected chi connectivity index (χ1v) is 28.5. The van der Waals surface area contributed by atoms with Crippen LogP contribution in [-0.4, -0.2) is 148 Å². The number of carbonyl (C=O) groups excluding carboxylic acids is 5. The van der Waals surface area contributed by atoms with Crippen LogP contribution in [-0.2, 0) is 48.3 Å². The molecule has 436 valence electrons. The molecular formula is C62H77ClN10O9. The van der Waals surface area contributed by atoms with E-state index in [9.17, 15) is 24.0 Å². The average Bonchev–Trinajstić information content (AvgIpc) is 4.30. The second kappa shape index (κ2) is 28.9. The number of carbonyl (C=O) groups is 5. The van der Waals surface area contributed by atoms with Crippen molar-refractivity contribution in [3.63, 3.8) is 0 Å². The fourth-order valence-electron chi connectivity index (χ4n) is 9.94. The second-order valence-electron chi connectivity index (χ2n) is 21.2. The minimum atomic E-state index is -0.917. The van der Waals surface area contributed by atoms with Crippen LogP contribution in [0.15, 0.2) is 109 Å². The minimum absolute atomic E-state index is 0.0219. The van der Waals surface area contributed by atoms with Crippen LogP contribution < -0.4 is 41.1 Å². The maximum absolute atomic E-state index is 14.3. The quantitative estimate of drug-likeness (QED) is 0.0146. The number of fused-ring (bicyclic) bond motifs is 5. The molecule has 0 aliphatic carbocycles. The fraction of sp³-hybridized carbons (Fsp3) is 0.403. The van der Waals surface area contributed by atoms with Gasteiger partial charge in [0.15, 0.2) is 0 Å². The Balaban J connectivity index is 0.751. The molecule has 2 aromatic heterocycles. The number of rotatable bonds is 30. The van der Waals surface area contributed by atoms with E-state index in [4.69, 9.17) is 30.5 Å². The molecule has 0 saturated carbocycles. The van der Waals surface area contributed by atoms with Gasteiger partial charge >= 0.3 is 0 Å². The number of aryl methyl sites for hydroxylation is 1. The van der Waals surface area contributed by atoms with Crippen molar-refractivity contribution in [2.24, 2.45) is 5.92 Å². The van der Waals surface area contributed by atoms with Gasteiger partial charge in [-0.2, -0.15) is 0 Å². The highest BCUT2D eigenvalue weighted by Crippen LogP contribution is 2.46. The van der Waals surface area contributed by atoms with Crippen molar-refractivity contribution in [2.75, 3.05) is 97.0 Å². The van der Waals surface area contributed by atoms with Gasteiger partial charge in [0.25, 0.3) is 5.91 Å². The number of hydrazine groups is 1. The van der Waals surface area contributed by atoms with Crippen molar-refractivity contribution in [3.8, 4) is 11.5 Å². The molecule has 3 heterocycles. The van der Waals surface area contributed by atoms with Gasteiger partial charge in [-0.1, -0.05) is 68.4 Å². The molecule has 5 amide bonds. The zero-order valence-corrected chi connectivity index (χ0v) is 48.7. The lowest BCUT2D eigenvalue weighted by molar-refractivity contribution is -0.132. The summed E-state index contributed by atoms with van der Waals surface area (Å²) in [5, 5.41) is 17.2. The van der Waals surface area contributed by atoms with Gasteiger partial charge in [0.2, 0.25) is 23.6 Å². The molecule has 6 N–H and O–H groups in total. The van der Waals surface area contributed by atoms with Gasteiger partial charge in [0.1, 0.15) is 42.5 Å². The number of likely N-dealkylation sites (N-methyl/N-ethyl adjacent to an activating group) is 1. The number of halogens is 1. The Kier molecular flexibility index (Phi) is 21.4. The number of aromatic nitrogens is 2. The summed E-state index contributed by atoms with van der Waals surface area (Å²) in [4.78, 5) is 73.8. The Hall–Kier alpha value is -7.52. The third-order valence-corrected chi connectivity index (χ3v) is 14.8. The topological polar surface area (TPSA) is 213 Å². The number of para-hydroxylation sites is 1. The molecule has 0 bridgehead atoms. The van der Waals surface area contributed by atoms with Crippen molar-refractivity contribution < 1.29 is 42.9 Å². The number of benzene rings is 5. The number of aromatic amines is 1. The van der Waals surface area contributed by atoms with E-state index in [1.54, 1.807) is 24.0 Å². The van der Waals surface area contributed by atoms with Crippen LogP contribution in [0.2, 0.25) is 0 Å². The third kappa shape index (κ3) is 15.7. The molecule has 8 rings (SSSR count). The van der Waals surface area contributed by atoms with Crippen molar-refractivity contribution in [3.05, 3.63) is 132 Å². The van der Waals surface area contributed by atoms with Crippen LogP contribution in [0.5, 0.6) is 11.5 Å². The summed E-state index contributed by atoms with van der Waals surface area (Å²) in [5.41, 5.74) is 9.72. The Labute approximate surface area is 484 Å². The van der Waals surface area contributed by atoms with Gasteiger partial charge < -0.3 is 59.6 Å². The minimum Gasteiger partial charge on any atom is -0.492 e. The van der Waals surface area contributed by atoms with E-state index < -0.39 is 23.9 Å². The van der Waals surface area contributed by atoms with Crippen LogP contribution in [0.1, 0.15) is 66.8 Å². The lowest BCUT2D eigenvalue weighted by Crippen LogP contribution is -2.53. The first kappa shape index (κ1) is 60.6. The monoisotopic (exact) mass is 1140 g/mol. The number of nitrogens with zero attached hydrogens (tertiary/aromatic N) is 4. The number of hydrogen-bond acceptors (Lipinski definition) is 12. The Morgan fingerprint density at radius 3 is 2.24 bits per heavy atom. The maximum Gasteiger partial charge on any atom is 0.274 e. The predicted octanol–water partition coefficient (Wildman–Crippen LogP) is 7.56. The van der Waals surface area contributed by atoms with Crippen molar-refractivity contribution in [2.45, 2.75) is 71.3 Å². The van der Waals surface area contributed by atoms with Gasteiger partial charge in [-0.3, -0.25) is 29.4 Å². The van der Waals surface area contributed by atoms with Crippen LogP contribution in [0.3, 0.4) is 0 Å². The van der Waals surface area contributed by atoms with Crippen LogP contribution in [0.4, 0.5) is 11.4 Å². The summed E-state index contributed by atoms with van der Waals surface area (Å²) in [6, 6.07) is 33.2. The number of hydrogen-bond donors (Lipinski definition) is 6. The van der Waals surface area contributed by atoms with Gasteiger partial charge in [0, 0.05) is 97.1 Å². The number of amides is 5. The van der Waals surface area contributed by atoms with E-state index >= 15 is 0 Å². The van der Waals surface area contributed by atoms with Crippen molar-refractivity contribution in [1.29, 1.82) is 0 Å². The third-order valence-electron chi connectivity index (χ3n) is 14.5. The second-order valence-corrected chi connectivity index (χ2v) is 21.5. The molecule has 3 atom stereocenters. The first-order chi connectivity index (χ1) is 39.6. The van der Waals surface area contributed by atoms with E-state index in [-0.39, 0.29) is 62.4 Å². The van der Waals surface area contributed by atoms with Gasteiger partial charge in [0.05, 0.1) is 38.7 Å². The molecule has 19 nitrogen and oxygen atoms in total. The fourth-order valence-corrected chi connectivity index (χ4v) is 10.2. The molecule has 7 aromatic rings. The summed E-state index contributed by atoms with van der Waals surface area (Å²) in [5.74, 6) is -0.210. The summed E-state index contributed by atoms with van der Waals surface area (Å²) in [6.07, 6.45) is 0.350. The van der Waals surface area contributed by atoms with Crippen molar-refractivity contribution in [1.82, 2.24) is 40.8 Å². The smallest absolute Gasteiger partial charge is 0.274 e. The molecule has 82 heavy (non-hydrogen) atoms. The van der Waals surface area contributed by atoms with E-state index in [0.717, 1.165) is 67.4 Å². The largest absolute Gasteiger partial charge is 0.492 e. The summed E-state index contributed by atoms with van der Waals surface area (Å²) in [6.45, 7) is 9.72. The van der Waals surface area contributed by atoms with Gasteiger partial charge in [-0.05, 0) is 104 Å². The SMILES string of the molecule is CNN(C)Cc1cc2ccccc2n1CCC(=O)NCCOCCOCCC(=O)NC(C(=O)N[C@@H](C)C(=O)Nc1ccc(COc2cc3c(c4ccccc24)[C@H](CCl)CN3C(=O)c2cc3cc(OCCN(C)C)ccc3[nH]2)cc1)C(C)C. The van der Waals surface area contributed by atoms with Crippen LogP contribution in [0.25, 0.3) is 32.6 Å². The van der Waals surface area contributed by atoms with Crippen LogP contribution in [0, 0.1) is 5.92 Å². The summed E-state index contributed by atoms with van der Waals surface area (Å²) >= 11 is 6.60. The first-order valence-electron chi connectivity index (χ1n) is 27.9. The summed E-state index contributed by atoms with van der Waals surface area (Å²) < 4.78 is 25.9. The number of anilines is 2. The summed E-state index contributed by atoms with van der Waals surface area (Å²) in [7, 11) is 7.84. The number of H-pyrrole nitrogens is 1. The molecular weight excluding hydrogens is 1060 g/mol. The number of alkyl halides is 1. The molecule has 1 aliphatic rings. The highest BCUT2D eigenvalue weighted by atomic mass is 35.5. The Morgan fingerprint density at radius 2 is 1.50 bits per heavy atom. The predicted molar refractivity (Wildman–Crippen MR) is 322 cm³/mol. The number of ether oxygens (including phenoxy) is 4. The van der Waals surface area contributed by atoms with Crippen molar-refractivity contribution >= 4 is 85.1 Å². The zero-order valence-electron chi connectivity index (χ0n) is 47.9. The average molecular weight is 1140 g/mol. The molecule has 1 aliphatic heterocycles. The van der Waals surface area contributed by atoms with Gasteiger partial charge in [-0.15, -0.1) is 11.6 Å². The molecule has 5 aromatic carbocycles. The van der Waals surface area contributed by atoms with Crippen LogP contribution >= 0.6 is 11.6 Å².